The van der Waals surface area contributed by atoms with Gasteiger partial charge in [0.2, 0.25) is 5.88 Å². The number of hydrogen-bond acceptors (Lipinski definition) is 6. The molecule has 9 nitrogen and oxygen atoms in total. The van der Waals surface area contributed by atoms with Crippen molar-refractivity contribution in [2.45, 2.75) is 20.0 Å². The van der Waals surface area contributed by atoms with E-state index in [1.807, 2.05) is 0 Å². The third-order valence-corrected chi connectivity index (χ3v) is 5.01. The first kappa shape index (κ1) is 21.4. The molecule has 12 heteroatoms. The molecule has 0 spiro atoms. The number of carbonyl (C=O) groups excluding carboxylic acids is 1. The predicted molar refractivity (Wildman–Crippen MR) is 107 cm³/mol. The maximum Gasteiger partial charge on any atom is 0.435 e. The third kappa shape index (κ3) is 3.47. The second-order valence-corrected chi connectivity index (χ2v) is 6.92. The van der Waals surface area contributed by atoms with E-state index in [1.54, 1.807) is 32.2 Å². The Morgan fingerprint density at radius 1 is 1.25 bits per heavy atom. The van der Waals surface area contributed by atoms with Crippen LogP contribution < -0.4 is 4.74 Å². The van der Waals surface area contributed by atoms with Crippen LogP contribution in [-0.4, -0.2) is 48.9 Å². The van der Waals surface area contributed by atoms with Gasteiger partial charge in [0.15, 0.2) is 5.69 Å². The lowest BCUT2D eigenvalue weighted by Gasteiger charge is -2.07. The van der Waals surface area contributed by atoms with Crippen LogP contribution in [0.25, 0.3) is 22.3 Å². The minimum Gasteiger partial charge on any atom is -0.479 e. The van der Waals surface area contributed by atoms with Gasteiger partial charge in [-0.05, 0) is 26.0 Å². The van der Waals surface area contributed by atoms with Gasteiger partial charge in [0.25, 0.3) is 0 Å². The molecule has 168 valence electrons. The number of aryl methyl sites for hydroxylation is 1. The standard InChI is InChI=1S/C20H19F3N6O3/c1-5-32-19(30)14-10-29(26-18(14)31-4)12-6-7-28-15(8-12)13(9-24-28)16-11(2)27(3)25-17(16)20(21,22)23/h6-10H,5H2,1-4H3. The fraction of sp³-hybridized carbons (Fsp3) is 0.300. The summed E-state index contributed by atoms with van der Waals surface area (Å²) in [4.78, 5) is 12.2. The zero-order valence-electron chi connectivity index (χ0n) is 17.6. The van der Waals surface area contributed by atoms with E-state index in [1.165, 1.54) is 40.4 Å². The number of aromatic nitrogens is 6. The highest BCUT2D eigenvalue weighted by Gasteiger charge is 2.39. The van der Waals surface area contributed by atoms with Crippen LogP contribution in [0.3, 0.4) is 0 Å². The number of pyridine rings is 1. The van der Waals surface area contributed by atoms with Gasteiger partial charge >= 0.3 is 12.1 Å². The number of methoxy groups -OCH3 is 1. The Hall–Kier alpha value is -3.83. The normalized spacial score (nSPS) is 11.8. The quantitative estimate of drug-likeness (QED) is 0.435. The molecule has 32 heavy (non-hydrogen) atoms. The van der Waals surface area contributed by atoms with Crippen molar-refractivity contribution in [1.29, 1.82) is 0 Å². The van der Waals surface area contributed by atoms with Gasteiger partial charge in [-0.25, -0.2) is 14.0 Å². The summed E-state index contributed by atoms with van der Waals surface area (Å²) >= 11 is 0. The van der Waals surface area contributed by atoms with Crippen molar-refractivity contribution in [1.82, 2.24) is 29.2 Å². The lowest BCUT2D eigenvalue weighted by molar-refractivity contribution is -0.140. The number of ether oxygens (including phenoxy) is 2. The van der Waals surface area contributed by atoms with Crippen molar-refractivity contribution in [3.05, 3.63) is 47.7 Å². The molecule has 0 fully saturated rings. The Balaban J connectivity index is 1.87. The summed E-state index contributed by atoms with van der Waals surface area (Å²) in [6.45, 7) is 3.43. The molecule has 0 aromatic carbocycles. The van der Waals surface area contributed by atoms with E-state index < -0.39 is 17.8 Å². The van der Waals surface area contributed by atoms with Crippen LogP contribution in [0, 0.1) is 6.92 Å². The first-order valence-electron chi connectivity index (χ1n) is 9.55. The van der Waals surface area contributed by atoms with Crippen molar-refractivity contribution < 1.29 is 27.4 Å². The van der Waals surface area contributed by atoms with E-state index in [9.17, 15) is 18.0 Å². The number of nitrogens with zero attached hydrogens (tertiary/aromatic N) is 6. The maximum atomic E-state index is 13.6. The summed E-state index contributed by atoms with van der Waals surface area (Å²) in [7, 11) is 2.83. The number of alkyl halides is 3. The average molecular weight is 448 g/mol. The first-order valence-corrected chi connectivity index (χ1v) is 9.55. The lowest BCUT2D eigenvalue weighted by atomic mass is 10.0. The molecule has 0 unspecified atom stereocenters. The Morgan fingerprint density at radius 2 is 2.00 bits per heavy atom. The van der Waals surface area contributed by atoms with Gasteiger partial charge in [-0.2, -0.15) is 23.4 Å². The van der Waals surface area contributed by atoms with Gasteiger partial charge < -0.3 is 9.47 Å². The van der Waals surface area contributed by atoms with Crippen LogP contribution >= 0.6 is 0 Å². The van der Waals surface area contributed by atoms with Gasteiger partial charge in [0.1, 0.15) is 5.56 Å². The molecule has 4 rings (SSSR count). The van der Waals surface area contributed by atoms with Gasteiger partial charge in [0, 0.05) is 36.3 Å². The molecule has 4 aromatic rings. The van der Waals surface area contributed by atoms with E-state index in [4.69, 9.17) is 9.47 Å². The molecule has 0 saturated heterocycles. The van der Waals surface area contributed by atoms with E-state index in [2.05, 4.69) is 15.3 Å². The fourth-order valence-corrected chi connectivity index (χ4v) is 3.42. The topological polar surface area (TPSA) is 88.5 Å². The molecule has 0 radical (unpaired) electrons. The number of hydrogen-bond donors (Lipinski definition) is 0. The van der Waals surface area contributed by atoms with E-state index in [-0.39, 0.29) is 29.2 Å². The second kappa shape index (κ2) is 7.70. The summed E-state index contributed by atoms with van der Waals surface area (Å²) in [5.41, 5.74) is 0.628. The molecule has 4 aromatic heterocycles. The van der Waals surface area contributed by atoms with Crippen molar-refractivity contribution in [2.24, 2.45) is 7.05 Å². The SMILES string of the molecule is CCOC(=O)c1cn(-c2ccn3ncc(-c4c(C(F)(F)F)nn(C)c4C)c3c2)nc1OC. The molecule has 0 amide bonds. The summed E-state index contributed by atoms with van der Waals surface area (Å²) < 4.78 is 55.1. The van der Waals surface area contributed by atoms with E-state index >= 15 is 0 Å². The third-order valence-electron chi connectivity index (χ3n) is 5.01. The predicted octanol–water partition coefficient (Wildman–Crippen LogP) is 3.43. The first-order chi connectivity index (χ1) is 15.2. The summed E-state index contributed by atoms with van der Waals surface area (Å²) in [5.74, 6) is -0.526. The van der Waals surface area contributed by atoms with Crippen LogP contribution in [0.2, 0.25) is 0 Å². The highest BCUT2D eigenvalue weighted by molar-refractivity contribution is 5.92. The Morgan fingerprint density at radius 3 is 2.66 bits per heavy atom. The largest absolute Gasteiger partial charge is 0.479 e. The van der Waals surface area contributed by atoms with Crippen LogP contribution in [-0.2, 0) is 18.0 Å². The molecular weight excluding hydrogens is 429 g/mol. The van der Waals surface area contributed by atoms with Gasteiger partial charge in [0.05, 0.1) is 31.1 Å². The smallest absolute Gasteiger partial charge is 0.435 e. The fourth-order valence-electron chi connectivity index (χ4n) is 3.42. The summed E-state index contributed by atoms with van der Waals surface area (Å²) in [6.07, 6.45) is -0.232. The van der Waals surface area contributed by atoms with Crippen LogP contribution in [0.1, 0.15) is 28.7 Å². The molecule has 4 heterocycles. The number of carbonyl (C=O) groups is 1. The Kier molecular flexibility index (Phi) is 5.15. The highest BCUT2D eigenvalue weighted by atomic mass is 19.4. The second-order valence-electron chi connectivity index (χ2n) is 6.92. The lowest BCUT2D eigenvalue weighted by Crippen LogP contribution is -2.08. The molecular formula is C20H19F3N6O3. The van der Waals surface area contributed by atoms with Gasteiger partial charge in [-0.15, -0.1) is 5.10 Å². The maximum absolute atomic E-state index is 13.6. The van der Waals surface area contributed by atoms with Gasteiger partial charge in [-0.3, -0.25) is 4.68 Å². The van der Waals surface area contributed by atoms with Crippen molar-refractivity contribution in [2.75, 3.05) is 13.7 Å². The number of fused-ring (bicyclic) bond motifs is 1. The van der Waals surface area contributed by atoms with Gasteiger partial charge in [-0.1, -0.05) is 0 Å². The minimum atomic E-state index is -4.63. The summed E-state index contributed by atoms with van der Waals surface area (Å²) in [6, 6.07) is 3.28. The molecule has 0 aliphatic rings. The molecule has 0 aliphatic carbocycles. The molecule has 0 N–H and O–H groups in total. The van der Waals surface area contributed by atoms with Crippen molar-refractivity contribution >= 4 is 11.5 Å². The van der Waals surface area contributed by atoms with Crippen LogP contribution in [0.4, 0.5) is 13.2 Å². The average Bonchev–Trinajstić information content (AvgIpc) is 3.43. The number of esters is 1. The van der Waals surface area contributed by atoms with Crippen molar-refractivity contribution in [3.8, 4) is 22.7 Å². The minimum absolute atomic E-state index is 0.0441. The highest BCUT2D eigenvalue weighted by Crippen LogP contribution is 2.39. The summed E-state index contributed by atoms with van der Waals surface area (Å²) in [5, 5.41) is 12.1. The van der Waals surface area contributed by atoms with E-state index in [0.29, 0.717) is 16.9 Å². The number of rotatable bonds is 5. The molecule has 0 aliphatic heterocycles. The molecule has 0 bridgehead atoms. The van der Waals surface area contributed by atoms with E-state index in [0.717, 1.165) is 0 Å². The zero-order chi connectivity index (χ0) is 23.2. The monoisotopic (exact) mass is 448 g/mol. The molecule has 0 saturated carbocycles. The van der Waals surface area contributed by atoms with Crippen LogP contribution in [0.15, 0.2) is 30.7 Å². The number of halogens is 3. The van der Waals surface area contributed by atoms with Crippen LogP contribution in [0.5, 0.6) is 5.88 Å². The Labute approximate surface area is 180 Å². The van der Waals surface area contributed by atoms with Crippen molar-refractivity contribution in [3.63, 3.8) is 0 Å². The molecule has 0 atom stereocenters. The Bertz CT molecular complexity index is 1320. The zero-order valence-corrected chi connectivity index (χ0v) is 17.6.